The van der Waals surface area contributed by atoms with E-state index in [9.17, 15) is 14.4 Å². The molecule has 2 N–H and O–H groups in total. The Morgan fingerprint density at radius 1 is 1.32 bits per heavy atom. The summed E-state index contributed by atoms with van der Waals surface area (Å²) in [5.41, 5.74) is 1.23. The predicted octanol–water partition coefficient (Wildman–Crippen LogP) is -0.102. The molecule has 100 valence electrons. The third kappa shape index (κ3) is 2.73. The number of nitrogens with one attached hydrogen (secondary N) is 2. The third-order valence-electron chi connectivity index (χ3n) is 2.90. The number of imide groups is 1. The fourth-order valence-electron chi connectivity index (χ4n) is 1.96. The van der Waals surface area contributed by atoms with E-state index in [2.05, 4.69) is 10.6 Å². The lowest BCUT2D eigenvalue weighted by Crippen LogP contribution is -2.40. The Balaban J connectivity index is 2.17. The molecule has 6 heteroatoms. The molecule has 0 bridgehead atoms. The SMILES string of the molecule is CN(C)c1ccccc1C(=O)NC1CC(=O)NC1=O. The van der Waals surface area contributed by atoms with Crippen molar-refractivity contribution < 1.29 is 14.4 Å². The van der Waals surface area contributed by atoms with Gasteiger partial charge < -0.3 is 10.2 Å². The maximum Gasteiger partial charge on any atom is 0.254 e. The summed E-state index contributed by atoms with van der Waals surface area (Å²) >= 11 is 0. The largest absolute Gasteiger partial charge is 0.377 e. The van der Waals surface area contributed by atoms with E-state index in [0.717, 1.165) is 5.69 Å². The van der Waals surface area contributed by atoms with Gasteiger partial charge in [-0.05, 0) is 12.1 Å². The van der Waals surface area contributed by atoms with Gasteiger partial charge in [0.25, 0.3) is 5.91 Å². The van der Waals surface area contributed by atoms with Gasteiger partial charge in [-0.3, -0.25) is 19.7 Å². The molecule has 2 rings (SSSR count). The molecule has 1 heterocycles. The Labute approximate surface area is 110 Å². The van der Waals surface area contributed by atoms with Crippen LogP contribution in [-0.2, 0) is 9.59 Å². The van der Waals surface area contributed by atoms with Gasteiger partial charge in [0.15, 0.2) is 0 Å². The molecule has 19 heavy (non-hydrogen) atoms. The third-order valence-corrected chi connectivity index (χ3v) is 2.90. The molecule has 0 aromatic heterocycles. The van der Waals surface area contributed by atoms with Crippen LogP contribution < -0.4 is 15.5 Å². The van der Waals surface area contributed by atoms with Crippen LogP contribution in [0.2, 0.25) is 0 Å². The second-order valence-corrected chi connectivity index (χ2v) is 4.55. The van der Waals surface area contributed by atoms with Crippen molar-refractivity contribution in [2.24, 2.45) is 0 Å². The summed E-state index contributed by atoms with van der Waals surface area (Å²) in [5, 5.41) is 4.73. The first-order chi connectivity index (χ1) is 8.99. The van der Waals surface area contributed by atoms with Gasteiger partial charge in [-0.15, -0.1) is 0 Å². The van der Waals surface area contributed by atoms with Crippen molar-refractivity contribution in [3.8, 4) is 0 Å². The van der Waals surface area contributed by atoms with E-state index >= 15 is 0 Å². The molecular weight excluding hydrogens is 246 g/mol. The summed E-state index contributed by atoms with van der Waals surface area (Å²) in [6.07, 6.45) is -0.00525. The summed E-state index contributed by atoms with van der Waals surface area (Å²) in [6.45, 7) is 0. The molecular formula is C13H15N3O3. The number of carbonyl (C=O) groups is 3. The summed E-state index contributed by atoms with van der Waals surface area (Å²) in [6, 6.07) is 6.30. The maximum absolute atomic E-state index is 12.1. The normalized spacial score (nSPS) is 18.1. The van der Waals surface area contributed by atoms with E-state index < -0.39 is 11.9 Å². The van der Waals surface area contributed by atoms with Gasteiger partial charge in [-0.2, -0.15) is 0 Å². The molecule has 0 radical (unpaired) electrons. The molecule has 1 aromatic carbocycles. The fraction of sp³-hybridized carbons (Fsp3) is 0.308. The molecule has 1 aromatic rings. The number of nitrogens with zero attached hydrogens (tertiary/aromatic N) is 1. The van der Waals surface area contributed by atoms with E-state index in [-0.39, 0.29) is 18.2 Å². The van der Waals surface area contributed by atoms with Crippen LogP contribution in [0.25, 0.3) is 0 Å². The van der Waals surface area contributed by atoms with E-state index in [0.29, 0.717) is 5.56 Å². The highest BCUT2D eigenvalue weighted by Gasteiger charge is 2.32. The van der Waals surface area contributed by atoms with Gasteiger partial charge in [0.2, 0.25) is 11.8 Å². The first-order valence-corrected chi connectivity index (χ1v) is 5.90. The summed E-state index contributed by atoms with van der Waals surface area (Å²) in [7, 11) is 3.66. The van der Waals surface area contributed by atoms with Crippen molar-refractivity contribution in [1.29, 1.82) is 0 Å². The fourth-order valence-corrected chi connectivity index (χ4v) is 1.96. The van der Waals surface area contributed by atoms with Crippen LogP contribution in [0.15, 0.2) is 24.3 Å². The molecule has 6 nitrogen and oxygen atoms in total. The average Bonchev–Trinajstić information content (AvgIpc) is 2.67. The minimum Gasteiger partial charge on any atom is -0.377 e. The van der Waals surface area contributed by atoms with E-state index in [4.69, 9.17) is 0 Å². The van der Waals surface area contributed by atoms with Crippen molar-refractivity contribution >= 4 is 23.4 Å². The average molecular weight is 261 g/mol. The molecule has 1 fully saturated rings. The topological polar surface area (TPSA) is 78.5 Å². The van der Waals surface area contributed by atoms with Crippen LogP contribution in [0, 0.1) is 0 Å². The van der Waals surface area contributed by atoms with E-state index in [1.807, 2.05) is 31.1 Å². The Hall–Kier alpha value is -2.37. The van der Waals surface area contributed by atoms with Gasteiger partial charge in [0.05, 0.1) is 12.0 Å². The first-order valence-electron chi connectivity index (χ1n) is 5.90. The molecule has 3 amide bonds. The lowest BCUT2D eigenvalue weighted by molar-refractivity contribution is -0.125. The highest BCUT2D eigenvalue weighted by atomic mass is 16.2. The zero-order chi connectivity index (χ0) is 14.0. The molecule has 1 unspecified atom stereocenters. The van der Waals surface area contributed by atoms with Gasteiger partial charge in [-0.25, -0.2) is 0 Å². The number of carbonyl (C=O) groups excluding carboxylic acids is 3. The number of benzene rings is 1. The molecule has 0 spiro atoms. The summed E-state index contributed by atoms with van der Waals surface area (Å²) in [4.78, 5) is 36.4. The second kappa shape index (κ2) is 5.09. The van der Waals surface area contributed by atoms with Crippen LogP contribution in [0.1, 0.15) is 16.8 Å². The molecule has 1 aliphatic rings. The lowest BCUT2D eigenvalue weighted by Gasteiger charge is -2.17. The Bertz CT molecular complexity index is 540. The number of amides is 3. The smallest absolute Gasteiger partial charge is 0.254 e. The minimum atomic E-state index is -0.782. The number of hydrogen-bond acceptors (Lipinski definition) is 4. The lowest BCUT2D eigenvalue weighted by atomic mass is 10.1. The molecule has 1 saturated heterocycles. The van der Waals surface area contributed by atoms with Crippen LogP contribution in [0.3, 0.4) is 0 Å². The molecule has 1 atom stereocenters. The number of anilines is 1. The maximum atomic E-state index is 12.1. The van der Waals surface area contributed by atoms with Crippen LogP contribution in [0.5, 0.6) is 0 Å². The van der Waals surface area contributed by atoms with Gasteiger partial charge in [0.1, 0.15) is 6.04 Å². The van der Waals surface area contributed by atoms with Crippen molar-refractivity contribution in [3.63, 3.8) is 0 Å². The van der Waals surface area contributed by atoms with Crippen molar-refractivity contribution in [1.82, 2.24) is 10.6 Å². The predicted molar refractivity (Wildman–Crippen MR) is 69.8 cm³/mol. The molecule has 0 saturated carbocycles. The quantitative estimate of drug-likeness (QED) is 0.745. The Morgan fingerprint density at radius 2 is 2.00 bits per heavy atom. The summed E-state index contributed by atoms with van der Waals surface area (Å²) in [5.74, 6) is -1.18. The Kier molecular flexibility index (Phi) is 3.50. The van der Waals surface area contributed by atoms with Crippen molar-refractivity contribution in [3.05, 3.63) is 29.8 Å². The molecule has 1 aliphatic heterocycles. The Morgan fingerprint density at radius 3 is 2.58 bits per heavy atom. The highest BCUT2D eigenvalue weighted by molar-refractivity contribution is 6.09. The van der Waals surface area contributed by atoms with Gasteiger partial charge in [-0.1, -0.05) is 12.1 Å². The van der Waals surface area contributed by atoms with Crippen LogP contribution in [-0.4, -0.2) is 37.9 Å². The van der Waals surface area contributed by atoms with E-state index in [1.54, 1.807) is 12.1 Å². The highest BCUT2D eigenvalue weighted by Crippen LogP contribution is 2.18. The zero-order valence-corrected chi connectivity index (χ0v) is 10.8. The van der Waals surface area contributed by atoms with Crippen molar-refractivity contribution in [2.45, 2.75) is 12.5 Å². The molecule has 0 aliphatic carbocycles. The van der Waals surface area contributed by atoms with Crippen molar-refractivity contribution in [2.75, 3.05) is 19.0 Å². The minimum absolute atomic E-state index is 0.00525. The van der Waals surface area contributed by atoms with E-state index in [1.165, 1.54) is 0 Å². The number of para-hydroxylation sites is 1. The van der Waals surface area contributed by atoms with Crippen LogP contribution >= 0.6 is 0 Å². The standard InChI is InChI=1S/C13H15N3O3/c1-16(2)10-6-4-3-5-8(10)12(18)14-9-7-11(17)15-13(9)19/h3-6,9H,7H2,1-2H3,(H,14,18)(H,15,17,19). The zero-order valence-electron chi connectivity index (χ0n) is 10.8. The van der Waals surface area contributed by atoms with Gasteiger partial charge >= 0.3 is 0 Å². The number of hydrogen-bond donors (Lipinski definition) is 2. The first kappa shape index (κ1) is 13.1. The van der Waals surface area contributed by atoms with Gasteiger partial charge in [0, 0.05) is 19.8 Å². The van der Waals surface area contributed by atoms with Crippen LogP contribution in [0.4, 0.5) is 5.69 Å². The summed E-state index contributed by atoms with van der Waals surface area (Å²) < 4.78 is 0. The number of rotatable bonds is 3. The second-order valence-electron chi connectivity index (χ2n) is 4.55. The monoisotopic (exact) mass is 261 g/mol.